The van der Waals surface area contributed by atoms with Gasteiger partial charge in [0.2, 0.25) is 0 Å². The van der Waals surface area contributed by atoms with Crippen LogP contribution in [0.2, 0.25) is 0 Å². The molecule has 0 aliphatic carbocycles. The maximum Gasteiger partial charge on any atom is 0.0304 e. The van der Waals surface area contributed by atoms with Crippen molar-refractivity contribution in [3.63, 3.8) is 0 Å². The zero-order valence-corrected chi connectivity index (χ0v) is 12.1. The minimum absolute atomic E-state index is 0.340. The molecule has 0 aromatic rings. The van der Waals surface area contributed by atoms with Crippen molar-refractivity contribution in [2.75, 3.05) is 19.6 Å². The van der Waals surface area contributed by atoms with Gasteiger partial charge in [-0.1, -0.05) is 33.8 Å². The normalized spacial score (nSPS) is 25.1. The molecule has 0 aromatic heterocycles. The minimum atomic E-state index is 0.340. The summed E-state index contributed by atoms with van der Waals surface area (Å²) in [4.78, 5) is 2.68. The lowest BCUT2D eigenvalue weighted by Crippen LogP contribution is -2.65. The Morgan fingerprint density at radius 3 is 2.53 bits per heavy atom. The SMILES string of the molecule is C=CCCN1CC(CC)(CC)NCC1C(C)C. The van der Waals surface area contributed by atoms with Crippen LogP contribution in [0.15, 0.2) is 12.7 Å². The molecular formula is C15H30N2. The van der Waals surface area contributed by atoms with Crippen LogP contribution in [0.4, 0.5) is 0 Å². The van der Waals surface area contributed by atoms with Gasteiger partial charge in [-0.05, 0) is 25.2 Å². The maximum atomic E-state index is 3.85. The molecule has 1 saturated heterocycles. The molecule has 1 fully saturated rings. The summed E-state index contributed by atoms with van der Waals surface area (Å²) in [5, 5.41) is 3.80. The fourth-order valence-corrected chi connectivity index (χ4v) is 2.90. The molecule has 100 valence electrons. The van der Waals surface area contributed by atoms with Crippen molar-refractivity contribution in [2.24, 2.45) is 5.92 Å². The standard InChI is InChI=1S/C15H30N2/c1-6-9-10-17-12-15(7-2,8-3)16-11-14(17)13(4)5/h6,13-14,16H,1,7-12H2,2-5H3. The molecule has 1 heterocycles. The van der Waals surface area contributed by atoms with E-state index in [4.69, 9.17) is 0 Å². The molecule has 0 amide bonds. The van der Waals surface area contributed by atoms with Crippen LogP contribution in [-0.2, 0) is 0 Å². The Bertz CT molecular complexity index is 231. The number of nitrogens with zero attached hydrogens (tertiary/aromatic N) is 1. The van der Waals surface area contributed by atoms with E-state index >= 15 is 0 Å². The number of rotatable bonds is 6. The molecule has 1 aliphatic heterocycles. The topological polar surface area (TPSA) is 15.3 Å². The lowest BCUT2D eigenvalue weighted by Gasteiger charge is -2.49. The van der Waals surface area contributed by atoms with Gasteiger partial charge in [-0.25, -0.2) is 0 Å². The monoisotopic (exact) mass is 238 g/mol. The van der Waals surface area contributed by atoms with Crippen LogP contribution in [0.3, 0.4) is 0 Å². The first-order valence-electron chi connectivity index (χ1n) is 7.18. The molecule has 1 unspecified atom stereocenters. The van der Waals surface area contributed by atoms with E-state index in [0.717, 1.165) is 25.4 Å². The molecule has 1 rings (SSSR count). The highest BCUT2D eigenvalue weighted by Gasteiger charge is 2.37. The average Bonchev–Trinajstić information content (AvgIpc) is 2.35. The van der Waals surface area contributed by atoms with Gasteiger partial charge in [-0.3, -0.25) is 4.90 Å². The molecule has 2 heteroatoms. The smallest absolute Gasteiger partial charge is 0.0304 e. The van der Waals surface area contributed by atoms with Gasteiger partial charge in [0.25, 0.3) is 0 Å². The van der Waals surface area contributed by atoms with Crippen molar-refractivity contribution >= 4 is 0 Å². The highest BCUT2D eigenvalue weighted by atomic mass is 15.3. The molecule has 0 spiro atoms. The molecular weight excluding hydrogens is 208 g/mol. The summed E-state index contributed by atoms with van der Waals surface area (Å²) >= 11 is 0. The van der Waals surface area contributed by atoms with Crippen LogP contribution in [-0.4, -0.2) is 36.1 Å². The average molecular weight is 238 g/mol. The Kier molecular flexibility index (Phi) is 5.68. The van der Waals surface area contributed by atoms with Crippen LogP contribution < -0.4 is 5.32 Å². The fraction of sp³-hybridized carbons (Fsp3) is 0.867. The Hall–Kier alpha value is -0.340. The van der Waals surface area contributed by atoms with Gasteiger partial charge in [0.05, 0.1) is 0 Å². The van der Waals surface area contributed by atoms with Crippen LogP contribution in [0, 0.1) is 5.92 Å². The highest BCUT2D eigenvalue weighted by molar-refractivity contribution is 4.97. The Morgan fingerprint density at radius 1 is 1.41 bits per heavy atom. The predicted octanol–water partition coefficient (Wildman–Crippen LogP) is 3.05. The third-order valence-electron chi connectivity index (χ3n) is 4.40. The first-order valence-corrected chi connectivity index (χ1v) is 7.18. The molecule has 0 saturated carbocycles. The van der Waals surface area contributed by atoms with Crippen molar-refractivity contribution in [3.8, 4) is 0 Å². The molecule has 1 aliphatic rings. The first kappa shape index (κ1) is 14.7. The summed E-state index contributed by atoms with van der Waals surface area (Å²) in [6, 6.07) is 0.682. The largest absolute Gasteiger partial charge is 0.308 e. The zero-order valence-electron chi connectivity index (χ0n) is 12.1. The first-order chi connectivity index (χ1) is 8.08. The molecule has 1 atom stereocenters. The van der Waals surface area contributed by atoms with E-state index in [2.05, 4.69) is 44.5 Å². The van der Waals surface area contributed by atoms with Gasteiger partial charge in [-0.2, -0.15) is 0 Å². The summed E-state index contributed by atoms with van der Waals surface area (Å²) in [5.41, 5.74) is 0.340. The number of piperazine rings is 1. The predicted molar refractivity (Wildman–Crippen MR) is 76.3 cm³/mol. The van der Waals surface area contributed by atoms with Crippen molar-refractivity contribution in [1.29, 1.82) is 0 Å². The van der Waals surface area contributed by atoms with Crippen LogP contribution in [0.1, 0.15) is 47.0 Å². The quantitative estimate of drug-likeness (QED) is 0.716. The van der Waals surface area contributed by atoms with Crippen LogP contribution in [0.25, 0.3) is 0 Å². The lowest BCUT2D eigenvalue weighted by molar-refractivity contribution is 0.0519. The van der Waals surface area contributed by atoms with E-state index in [1.165, 1.54) is 19.4 Å². The van der Waals surface area contributed by atoms with E-state index in [-0.39, 0.29) is 0 Å². The summed E-state index contributed by atoms with van der Waals surface area (Å²) in [6.45, 7) is 16.6. The maximum absolute atomic E-state index is 3.85. The van der Waals surface area contributed by atoms with Gasteiger partial charge in [0, 0.05) is 31.2 Å². The van der Waals surface area contributed by atoms with E-state index in [0.29, 0.717) is 11.6 Å². The van der Waals surface area contributed by atoms with Gasteiger partial charge in [-0.15, -0.1) is 6.58 Å². The van der Waals surface area contributed by atoms with Crippen molar-refractivity contribution < 1.29 is 0 Å². The molecule has 0 radical (unpaired) electrons. The Morgan fingerprint density at radius 2 is 2.06 bits per heavy atom. The highest BCUT2D eigenvalue weighted by Crippen LogP contribution is 2.25. The second kappa shape index (κ2) is 6.55. The van der Waals surface area contributed by atoms with Gasteiger partial charge in [0.15, 0.2) is 0 Å². The van der Waals surface area contributed by atoms with E-state index in [1.54, 1.807) is 0 Å². The second-order valence-electron chi connectivity index (χ2n) is 5.73. The molecule has 0 bridgehead atoms. The Balaban J connectivity index is 2.71. The summed E-state index contributed by atoms with van der Waals surface area (Å²) in [5.74, 6) is 0.721. The van der Waals surface area contributed by atoms with Crippen LogP contribution >= 0.6 is 0 Å². The molecule has 1 N–H and O–H groups in total. The summed E-state index contributed by atoms with van der Waals surface area (Å²) in [6.07, 6.45) is 5.59. The van der Waals surface area contributed by atoms with E-state index < -0.39 is 0 Å². The van der Waals surface area contributed by atoms with E-state index in [9.17, 15) is 0 Å². The molecule has 0 aromatic carbocycles. The van der Waals surface area contributed by atoms with E-state index in [1.807, 2.05) is 6.08 Å². The third-order valence-corrected chi connectivity index (χ3v) is 4.40. The minimum Gasteiger partial charge on any atom is -0.308 e. The second-order valence-corrected chi connectivity index (χ2v) is 5.73. The van der Waals surface area contributed by atoms with Crippen molar-refractivity contribution in [2.45, 2.75) is 58.5 Å². The zero-order chi connectivity index (χ0) is 12.9. The Labute approximate surface area is 107 Å². The van der Waals surface area contributed by atoms with Crippen molar-refractivity contribution in [1.82, 2.24) is 10.2 Å². The molecule has 17 heavy (non-hydrogen) atoms. The molecule has 2 nitrogen and oxygen atoms in total. The summed E-state index contributed by atoms with van der Waals surface area (Å²) < 4.78 is 0. The number of hydrogen-bond acceptors (Lipinski definition) is 2. The summed E-state index contributed by atoms with van der Waals surface area (Å²) in [7, 11) is 0. The van der Waals surface area contributed by atoms with Gasteiger partial charge in [0.1, 0.15) is 0 Å². The van der Waals surface area contributed by atoms with Gasteiger partial charge < -0.3 is 5.32 Å². The van der Waals surface area contributed by atoms with Crippen molar-refractivity contribution in [3.05, 3.63) is 12.7 Å². The van der Waals surface area contributed by atoms with Crippen LogP contribution in [0.5, 0.6) is 0 Å². The number of hydrogen-bond donors (Lipinski definition) is 1. The lowest BCUT2D eigenvalue weighted by atomic mass is 9.86. The number of nitrogens with one attached hydrogen (secondary N) is 1. The third kappa shape index (κ3) is 3.56. The fourth-order valence-electron chi connectivity index (χ4n) is 2.90. The van der Waals surface area contributed by atoms with Gasteiger partial charge >= 0.3 is 0 Å².